The van der Waals surface area contributed by atoms with Gasteiger partial charge in [-0.2, -0.15) is 4.98 Å². The molecule has 13 heavy (non-hydrogen) atoms. The van der Waals surface area contributed by atoms with Crippen LogP contribution in [0.25, 0.3) is 0 Å². The summed E-state index contributed by atoms with van der Waals surface area (Å²) >= 11 is 0. The van der Waals surface area contributed by atoms with Crippen molar-refractivity contribution in [2.75, 3.05) is 0 Å². The van der Waals surface area contributed by atoms with Crippen LogP contribution in [-0.4, -0.2) is 20.1 Å². The maximum absolute atomic E-state index is 4.58. The van der Waals surface area contributed by atoms with E-state index in [1.165, 1.54) is 6.39 Å². The summed E-state index contributed by atoms with van der Waals surface area (Å²) in [7, 11) is 0. The normalized spacial score (nSPS) is 10.5. The lowest BCUT2D eigenvalue weighted by Gasteiger charge is -1.96. The second kappa shape index (κ2) is 3.81. The molecule has 0 atom stereocenters. The minimum absolute atomic E-state index is 0.581. The maximum atomic E-state index is 4.58. The Bertz CT molecular complexity index is 293. The van der Waals surface area contributed by atoms with Crippen molar-refractivity contribution in [1.82, 2.24) is 25.4 Å². The third-order valence-corrected chi connectivity index (χ3v) is 1.54. The molecule has 6 nitrogen and oxygen atoms in total. The molecular weight excluding hydrogens is 170 g/mol. The van der Waals surface area contributed by atoms with Crippen LogP contribution >= 0.6 is 0 Å². The Morgan fingerprint density at radius 2 is 2.38 bits per heavy atom. The molecule has 2 aromatic heterocycles. The number of imidazole rings is 1. The van der Waals surface area contributed by atoms with Crippen molar-refractivity contribution in [3.8, 4) is 0 Å². The van der Waals surface area contributed by atoms with Gasteiger partial charge in [-0.25, -0.2) is 4.98 Å². The van der Waals surface area contributed by atoms with Gasteiger partial charge in [0.15, 0.2) is 5.82 Å². The van der Waals surface area contributed by atoms with E-state index in [2.05, 4.69) is 29.9 Å². The minimum Gasteiger partial charge on any atom is -0.348 e. The number of hydrogen-bond donors (Lipinski definition) is 2. The maximum Gasteiger partial charge on any atom is 0.213 e. The van der Waals surface area contributed by atoms with Crippen LogP contribution in [-0.2, 0) is 13.1 Å². The zero-order chi connectivity index (χ0) is 8.93. The molecule has 0 unspecified atom stereocenters. The zero-order valence-corrected chi connectivity index (χ0v) is 6.90. The number of aromatic nitrogens is 4. The Balaban J connectivity index is 1.76. The van der Waals surface area contributed by atoms with Gasteiger partial charge in [-0.15, -0.1) is 0 Å². The fraction of sp³-hybridized carbons (Fsp3) is 0.286. The van der Waals surface area contributed by atoms with Crippen molar-refractivity contribution in [3.05, 3.63) is 30.4 Å². The second-order valence-electron chi connectivity index (χ2n) is 2.49. The van der Waals surface area contributed by atoms with E-state index >= 15 is 0 Å². The number of hydrogen-bond acceptors (Lipinski definition) is 5. The molecule has 2 rings (SSSR count). The van der Waals surface area contributed by atoms with Gasteiger partial charge in [0, 0.05) is 12.4 Å². The first-order valence-electron chi connectivity index (χ1n) is 3.89. The highest BCUT2D eigenvalue weighted by atomic mass is 16.5. The van der Waals surface area contributed by atoms with Gasteiger partial charge in [0.2, 0.25) is 6.39 Å². The Labute approximate surface area is 74.4 Å². The molecule has 0 aliphatic heterocycles. The molecule has 0 bridgehead atoms. The van der Waals surface area contributed by atoms with E-state index in [0.717, 1.165) is 5.82 Å². The van der Waals surface area contributed by atoms with Gasteiger partial charge in [0.05, 0.1) is 13.1 Å². The molecule has 0 fully saturated rings. The predicted molar refractivity (Wildman–Crippen MR) is 43.4 cm³/mol. The standard InChI is InChI=1S/C7H9N5O/c1-2-10-6(9-1)3-8-4-7-11-5-13-12-7/h1-2,5,8H,3-4H2,(H,9,10). The number of aromatic amines is 1. The van der Waals surface area contributed by atoms with Crippen LogP contribution in [0, 0.1) is 0 Å². The smallest absolute Gasteiger partial charge is 0.213 e. The van der Waals surface area contributed by atoms with Crippen molar-refractivity contribution in [3.63, 3.8) is 0 Å². The first kappa shape index (κ1) is 7.93. The number of nitrogens with one attached hydrogen (secondary N) is 2. The third-order valence-electron chi connectivity index (χ3n) is 1.54. The van der Waals surface area contributed by atoms with Gasteiger partial charge >= 0.3 is 0 Å². The molecular formula is C7H9N5O. The molecule has 0 aliphatic rings. The van der Waals surface area contributed by atoms with Crippen LogP contribution in [0.2, 0.25) is 0 Å². The molecule has 0 aliphatic carbocycles. The summed E-state index contributed by atoms with van der Waals surface area (Å²) in [5.41, 5.74) is 0. The Kier molecular flexibility index (Phi) is 2.33. The highest BCUT2D eigenvalue weighted by Crippen LogP contribution is 1.90. The molecule has 2 N–H and O–H groups in total. The zero-order valence-electron chi connectivity index (χ0n) is 6.90. The quantitative estimate of drug-likeness (QED) is 0.694. The average Bonchev–Trinajstić information content (AvgIpc) is 2.75. The summed E-state index contributed by atoms with van der Waals surface area (Å²) in [6.45, 7) is 1.25. The summed E-state index contributed by atoms with van der Waals surface area (Å²) in [5, 5.41) is 6.77. The summed E-state index contributed by atoms with van der Waals surface area (Å²) in [6.07, 6.45) is 4.81. The van der Waals surface area contributed by atoms with E-state index in [-0.39, 0.29) is 0 Å². The van der Waals surface area contributed by atoms with Crippen LogP contribution in [0.4, 0.5) is 0 Å². The van der Waals surface area contributed by atoms with Crippen LogP contribution in [0.15, 0.2) is 23.3 Å². The predicted octanol–water partition coefficient (Wildman–Crippen LogP) is 0.0825. The van der Waals surface area contributed by atoms with Gasteiger partial charge in [0.25, 0.3) is 0 Å². The van der Waals surface area contributed by atoms with Gasteiger partial charge in [-0.05, 0) is 0 Å². The monoisotopic (exact) mass is 179 g/mol. The molecule has 0 aromatic carbocycles. The van der Waals surface area contributed by atoms with Crippen LogP contribution < -0.4 is 5.32 Å². The van der Waals surface area contributed by atoms with Crippen LogP contribution in [0.3, 0.4) is 0 Å². The highest BCUT2D eigenvalue weighted by Gasteiger charge is 1.98. The number of H-pyrrole nitrogens is 1. The Morgan fingerprint density at radius 1 is 1.38 bits per heavy atom. The van der Waals surface area contributed by atoms with E-state index in [1.54, 1.807) is 12.4 Å². The molecule has 0 spiro atoms. The fourth-order valence-corrected chi connectivity index (χ4v) is 0.958. The minimum atomic E-state index is 0.581. The highest BCUT2D eigenvalue weighted by molar-refractivity contribution is 4.86. The largest absolute Gasteiger partial charge is 0.348 e. The molecule has 2 heterocycles. The van der Waals surface area contributed by atoms with Crippen molar-refractivity contribution in [2.24, 2.45) is 0 Å². The Hall–Kier alpha value is -1.69. The first-order valence-corrected chi connectivity index (χ1v) is 3.89. The van der Waals surface area contributed by atoms with Crippen LogP contribution in [0.1, 0.15) is 11.6 Å². The van der Waals surface area contributed by atoms with Crippen molar-refractivity contribution in [1.29, 1.82) is 0 Å². The molecule has 0 saturated carbocycles. The van der Waals surface area contributed by atoms with Gasteiger partial charge in [-0.1, -0.05) is 5.16 Å². The molecule has 6 heteroatoms. The van der Waals surface area contributed by atoms with E-state index in [9.17, 15) is 0 Å². The van der Waals surface area contributed by atoms with Crippen LogP contribution in [0.5, 0.6) is 0 Å². The fourth-order valence-electron chi connectivity index (χ4n) is 0.958. The lowest BCUT2D eigenvalue weighted by molar-refractivity contribution is 0.407. The van der Waals surface area contributed by atoms with Gasteiger partial charge < -0.3 is 14.8 Å². The second-order valence-corrected chi connectivity index (χ2v) is 2.49. The molecule has 0 amide bonds. The van der Waals surface area contributed by atoms with Gasteiger partial charge in [0.1, 0.15) is 5.82 Å². The summed E-state index contributed by atoms with van der Waals surface area (Å²) in [6, 6.07) is 0. The lowest BCUT2D eigenvalue weighted by Crippen LogP contribution is -2.14. The van der Waals surface area contributed by atoms with Gasteiger partial charge in [-0.3, -0.25) is 0 Å². The van der Waals surface area contributed by atoms with E-state index in [0.29, 0.717) is 18.9 Å². The summed E-state index contributed by atoms with van der Waals surface area (Å²) < 4.78 is 4.58. The van der Waals surface area contributed by atoms with Crippen molar-refractivity contribution < 1.29 is 4.52 Å². The Morgan fingerprint density at radius 3 is 3.08 bits per heavy atom. The summed E-state index contributed by atoms with van der Waals surface area (Å²) in [5.74, 6) is 1.54. The van der Waals surface area contributed by atoms with Crippen molar-refractivity contribution >= 4 is 0 Å². The number of rotatable bonds is 4. The lowest BCUT2D eigenvalue weighted by atomic mass is 10.5. The van der Waals surface area contributed by atoms with E-state index in [1.807, 2.05) is 0 Å². The molecule has 2 aromatic rings. The SMILES string of the molecule is c1c[nH]c(CNCc2ncon2)n1. The third kappa shape index (κ3) is 2.12. The molecule has 0 radical (unpaired) electrons. The van der Waals surface area contributed by atoms with E-state index < -0.39 is 0 Å². The van der Waals surface area contributed by atoms with E-state index in [4.69, 9.17) is 0 Å². The average molecular weight is 179 g/mol. The van der Waals surface area contributed by atoms with Crippen molar-refractivity contribution in [2.45, 2.75) is 13.1 Å². The molecule has 68 valence electrons. The molecule has 0 saturated heterocycles. The summed E-state index contributed by atoms with van der Waals surface area (Å²) in [4.78, 5) is 10.9. The topological polar surface area (TPSA) is 79.6 Å². The number of nitrogens with zero attached hydrogens (tertiary/aromatic N) is 3. The first-order chi connectivity index (χ1) is 6.45.